The third-order valence-corrected chi connectivity index (χ3v) is 5.42. The Hall–Kier alpha value is -3.17. The molecule has 2 aliphatic heterocycles. The lowest BCUT2D eigenvalue weighted by atomic mass is 9.91. The van der Waals surface area contributed by atoms with Gasteiger partial charge in [-0.05, 0) is 25.3 Å². The number of pyridine rings is 1. The number of aliphatic carboxylic acids is 1. The first-order valence-electron chi connectivity index (χ1n) is 10.2. The van der Waals surface area contributed by atoms with E-state index < -0.39 is 12.1 Å². The van der Waals surface area contributed by atoms with Crippen molar-refractivity contribution in [2.75, 3.05) is 26.3 Å². The van der Waals surface area contributed by atoms with E-state index in [0.717, 1.165) is 44.1 Å². The molecule has 2 fully saturated rings. The van der Waals surface area contributed by atoms with Crippen molar-refractivity contribution in [3.8, 4) is 11.9 Å². The van der Waals surface area contributed by atoms with Gasteiger partial charge in [-0.15, -0.1) is 0 Å². The lowest BCUT2D eigenvalue weighted by molar-refractivity contribution is -0.192. The van der Waals surface area contributed by atoms with Gasteiger partial charge in [-0.2, -0.15) is 18.4 Å². The lowest BCUT2D eigenvalue weighted by Gasteiger charge is -2.18. The average molecular weight is 468 g/mol. The molecule has 0 aliphatic carbocycles. The van der Waals surface area contributed by atoms with Crippen LogP contribution in [0.1, 0.15) is 23.4 Å². The van der Waals surface area contributed by atoms with Gasteiger partial charge in [-0.25, -0.2) is 9.78 Å². The van der Waals surface area contributed by atoms with E-state index >= 15 is 0 Å². The molecule has 0 bridgehead atoms. The normalized spacial score (nSPS) is 22.2. The second-order valence-corrected chi connectivity index (χ2v) is 7.86. The molecule has 0 saturated carbocycles. The number of carboxylic acids is 1. The minimum absolute atomic E-state index is 0.307. The predicted molar refractivity (Wildman–Crippen MR) is 106 cm³/mol. The number of ether oxygens (including phenoxy) is 2. The van der Waals surface area contributed by atoms with E-state index in [2.05, 4.69) is 21.1 Å². The van der Waals surface area contributed by atoms with Crippen molar-refractivity contribution in [2.24, 2.45) is 11.8 Å². The van der Waals surface area contributed by atoms with E-state index in [1.807, 2.05) is 13.0 Å². The van der Waals surface area contributed by atoms with Gasteiger partial charge < -0.3 is 19.1 Å². The first-order chi connectivity index (χ1) is 15.7. The summed E-state index contributed by atoms with van der Waals surface area (Å²) in [5, 5.41) is 20.0. The number of alkyl halides is 3. The van der Waals surface area contributed by atoms with Gasteiger partial charge in [-0.3, -0.25) is 4.90 Å². The SMILES string of the molecule is Cc1cc(CN2C[C@H]3[C@@H](CCOc4ccc(C#N)cn4)CO[C@H]3C2)no1.O=C(O)C(F)(F)F. The molecule has 2 aromatic heterocycles. The fourth-order valence-electron chi connectivity index (χ4n) is 3.87. The molecule has 9 nitrogen and oxygen atoms in total. The number of hydrogen-bond acceptors (Lipinski definition) is 8. The number of carbonyl (C=O) groups is 1. The first-order valence-corrected chi connectivity index (χ1v) is 10.2. The number of fused-ring (bicyclic) bond motifs is 1. The van der Waals surface area contributed by atoms with Crippen LogP contribution in [0.4, 0.5) is 13.2 Å². The molecule has 0 unspecified atom stereocenters. The Morgan fingerprint density at radius 3 is 2.73 bits per heavy atom. The Labute approximate surface area is 187 Å². The van der Waals surface area contributed by atoms with E-state index in [0.29, 0.717) is 36.0 Å². The van der Waals surface area contributed by atoms with Gasteiger partial charge >= 0.3 is 12.1 Å². The molecule has 3 atom stereocenters. The number of likely N-dealkylation sites (tertiary alicyclic amines) is 1. The van der Waals surface area contributed by atoms with Gasteiger partial charge in [0.15, 0.2) is 0 Å². The van der Waals surface area contributed by atoms with Gasteiger partial charge in [0.1, 0.15) is 11.8 Å². The van der Waals surface area contributed by atoms with Crippen molar-refractivity contribution >= 4 is 5.97 Å². The molecule has 12 heteroatoms. The number of halogens is 3. The summed E-state index contributed by atoms with van der Waals surface area (Å²) in [5.74, 6) is -0.300. The zero-order chi connectivity index (χ0) is 24.0. The van der Waals surface area contributed by atoms with Crippen LogP contribution in [0, 0.1) is 30.1 Å². The van der Waals surface area contributed by atoms with Crippen molar-refractivity contribution in [1.29, 1.82) is 5.26 Å². The first kappa shape index (κ1) is 24.5. The molecule has 0 amide bonds. The second kappa shape index (κ2) is 10.6. The van der Waals surface area contributed by atoms with E-state index in [9.17, 15) is 13.2 Å². The van der Waals surface area contributed by atoms with Crippen molar-refractivity contribution in [3.05, 3.63) is 41.4 Å². The van der Waals surface area contributed by atoms with Crippen LogP contribution < -0.4 is 4.74 Å². The van der Waals surface area contributed by atoms with Crippen LogP contribution in [0.5, 0.6) is 5.88 Å². The monoisotopic (exact) mass is 468 g/mol. The third-order valence-electron chi connectivity index (χ3n) is 5.42. The smallest absolute Gasteiger partial charge is 0.478 e. The summed E-state index contributed by atoms with van der Waals surface area (Å²) in [7, 11) is 0. The highest BCUT2D eigenvalue weighted by Gasteiger charge is 2.43. The maximum atomic E-state index is 10.6. The topological polar surface area (TPSA) is 122 Å². The molecule has 178 valence electrons. The zero-order valence-corrected chi connectivity index (χ0v) is 17.8. The highest BCUT2D eigenvalue weighted by molar-refractivity contribution is 5.73. The molecule has 33 heavy (non-hydrogen) atoms. The molecule has 4 heterocycles. The quantitative estimate of drug-likeness (QED) is 0.682. The minimum Gasteiger partial charge on any atom is -0.478 e. The predicted octanol–water partition coefficient (Wildman–Crippen LogP) is 2.80. The molecule has 0 aromatic carbocycles. The van der Waals surface area contributed by atoms with Crippen molar-refractivity contribution in [2.45, 2.75) is 32.2 Å². The standard InChI is InChI=1S/C19H22N4O3.C2HF3O2/c1-13-6-16(22-26-13)9-23-10-17-15(12-25-18(17)11-23)4-5-24-19-3-2-14(7-20)8-21-19;3-2(4,5)1(6)7/h2-3,6,8,15,17-18H,4-5,9-12H2,1H3;(H,6,7)/t15-,17-,18-;/m0./s1. The molecular weight excluding hydrogens is 445 g/mol. The summed E-state index contributed by atoms with van der Waals surface area (Å²) in [6, 6.07) is 7.50. The van der Waals surface area contributed by atoms with E-state index in [4.69, 9.17) is 29.2 Å². The molecule has 2 saturated heterocycles. The lowest BCUT2D eigenvalue weighted by Crippen LogP contribution is -2.24. The molecule has 2 aromatic rings. The number of rotatable bonds is 6. The van der Waals surface area contributed by atoms with E-state index in [1.54, 1.807) is 12.1 Å². The Balaban J connectivity index is 0.000000383. The molecule has 1 N–H and O–H groups in total. The Morgan fingerprint density at radius 2 is 2.15 bits per heavy atom. The number of carboxylic acid groups (broad SMARTS) is 1. The summed E-state index contributed by atoms with van der Waals surface area (Å²) in [6.07, 6.45) is -2.30. The Bertz CT molecular complexity index is 974. The molecule has 4 rings (SSSR count). The largest absolute Gasteiger partial charge is 0.490 e. The maximum absolute atomic E-state index is 10.6. The second-order valence-electron chi connectivity index (χ2n) is 7.86. The van der Waals surface area contributed by atoms with Crippen LogP contribution in [0.3, 0.4) is 0 Å². The summed E-state index contributed by atoms with van der Waals surface area (Å²) in [6.45, 7) is 6.11. The van der Waals surface area contributed by atoms with Crippen LogP contribution >= 0.6 is 0 Å². The van der Waals surface area contributed by atoms with Gasteiger partial charge in [0, 0.05) is 43.9 Å². The summed E-state index contributed by atoms with van der Waals surface area (Å²) < 4.78 is 48.6. The van der Waals surface area contributed by atoms with Gasteiger partial charge in [0.05, 0.1) is 30.6 Å². The summed E-state index contributed by atoms with van der Waals surface area (Å²) in [5.41, 5.74) is 1.52. The minimum atomic E-state index is -5.08. The third kappa shape index (κ3) is 6.90. The van der Waals surface area contributed by atoms with Crippen molar-refractivity contribution in [1.82, 2.24) is 15.0 Å². The number of hydrogen-bond donors (Lipinski definition) is 1. The van der Waals surface area contributed by atoms with Crippen molar-refractivity contribution < 1.29 is 37.1 Å². The highest BCUT2D eigenvalue weighted by atomic mass is 19.4. The fraction of sp³-hybridized carbons (Fsp3) is 0.524. The van der Waals surface area contributed by atoms with Crippen LogP contribution in [-0.2, 0) is 16.1 Å². The molecular formula is C21H23F3N4O5. The maximum Gasteiger partial charge on any atom is 0.490 e. The molecule has 0 spiro atoms. The van der Waals surface area contributed by atoms with Crippen LogP contribution in [0.15, 0.2) is 28.9 Å². The number of aromatic nitrogens is 2. The fourth-order valence-corrected chi connectivity index (χ4v) is 3.87. The highest BCUT2D eigenvalue weighted by Crippen LogP contribution is 2.36. The van der Waals surface area contributed by atoms with Crippen molar-refractivity contribution in [3.63, 3.8) is 0 Å². The summed E-state index contributed by atoms with van der Waals surface area (Å²) >= 11 is 0. The van der Waals surface area contributed by atoms with E-state index in [1.165, 1.54) is 6.20 Å². The van der Waals surface area contributed by atoms with Gasteiger partial charge in [-0.1, -0.05) is 5.16 Å². The van der Waals surface area contributed by atoms with Crippen LogP contribution in [-0.4, -0.2) is 64.7 Å². The summed E-state index contributed by atoms with van der Waals surface area (Å²) in [4.78, 5) is 15.4. The molecule has 0 radical (unpaired) electrons. The van der Waals surface area contributed by atoms with E-state index in [-0.39, 0.29) is 0 Å². The van der Waals surface area contributed by atoms with Crippen LogP contribution in [0.25, 0.3) is 0 Å². The van der Waals surface area contributed by atoms with Gasteiger partial charge in [0.25, 0.3) is 0 Å². The number of nitriles is 1. The number of nitrogens with zero attached hydrogens (tertiary/aromatic N) is 4. The number of aryl methyl sites for hydroxylation is 1. The average Bonchev–Trinajstić information content (AvgIpc) is 3.45. The Kier molecular flexibility index (Phi) is 7.88. The molecule has 2 aliphatic rings. The van der Waals surface area contributed by atoms with Gasteiger partial charge in [0.2, 0.25) is 5.88 Å². The Morgan fingerprint density at radius 1 is 1.39 bits per heavy atom. The zero-order valence-electron chi connectivity index (χ0n) is 17.8. The van der Waals surface area contributed by atoms with Crippen LogP contribution in [0.2, 0.25) is 0 Å².